The highest BCUT2D eigenvalue weighted by Crippen LogP contribution is 2.35. The molecule has 2 N–H and O–H groups in total. The smallest absolute Gasteiger partial charge is 0.206 e. The molecule has 0 aliphatic carbocycles. The molecule has 0 saturated heterocycles. The Morgan fingerprint density at radius 3 is 1.55 bits per heavy atom. The molecule has 0 atom stereocenters. The lowest BCUT2D eigenvalue weighted by molar-refractivity contribution is 0.476. The second-order valence-corrected chi connectivity index (χ2v) is 8.84. The third-order valence-electron chi connectivity index (χ3n) is 4.59. The first-order valence-electron chi connectivity index (χ1n) is 9.73. The van der Waals surface area contributed by atoms with Crippen LogP contribution in [0.2, 0.25) is 0 Å². The number of hydrogen-bond acceptors (Lipinski definition) is 8. The number of nitrogens with zero attached hydrogens (tertiary/aromatic N) is 4. The second-order valence-electron chi connectivity index (χ2n) is 6.89. The van der Waals surface area contributed by atoms with Gasteiger partial charge in [-0.05, 0) is 48.5 Å². The quantitative estimate of drug-likeness (QED) is 0.417. The molecule has 0 aliphatic rings. The third-order valence-corrected chi connectivity index (χ3v) is 6.34. The Bertz CT molecular complexity index is 1330. The first-order chi connectivity index (χ1) is 15.9. The van der Waals surface area contributed by atoms with Crippen molar-refractivity contribution in [2.24, 2.45) is 9.98 Å². The SMILES string of the molecule is O=S(=O)(c1ccc(O)c(N=Cc2cccnc2)c1)c1ccc(O)c(N=Cc2cccnc2)c1. The number of aromatic nitrogens is 2. The average Bonchev–Trinajstić information content (AvgIpc) is 2.84. The molecule has 0 radical (unpaired) electrons. The number of benzene rings is 2. The van der Waals surface area contributed by atoms with Gasteiger partial charge >= 0.3 is 0 Å². The number of sulfone groups is 1. The van der Waals surface area contributed by atoms with Crippen LogP contribution in [-0.2, 0) is 9.84 Å². The van der Waals surface area contributed by atoms with Crippen molar-refractivity contribution in [2.45, 2.75) is 9.79 Å². The van der Waals surface area contributed by atoms with Gasteiger partial charge in [-0.1, -0.05) is 12.1 Å². The van der Waals surface area contributed by atoms with Crippen molar-refractivity contribution in [2.75, 3.05) is 0 Å². The number of rotatable bonds is 6. The van der Waals surface area contributed by atoms with Crippen LogP contribution in [0.1, 0.15) is 11.1 Å². The van der Waals surface area contributed by atoms with Crippen LogP contribution >= 0.6 is 0 Å². The molecule has 4 rings (SSSR count). The maximum atomic E-state index is 13.2. The summed E-state index contributed by atoms with van der Waals surface area (Å²) in [5, 5.41) is 20.3. The Balaban J connectivity index is 1.67. The Kier molecular flexibility index (Phi) is 6.23. The van der Waals surface area contributed by atoms with Crippen molar-refractivity contribution in [3.63, 3.8) is 0 Å². The predicted octanol–water partition coefficient (Wildman–Crippen LogP) is 4.22. The summed E-state index contributed by atoms with van der Waals surface area (Å²) in [5.41, 5.74) is 1.57. The van der Waals surface area contributed by atoms with Crippen LogP contribution in [0.4, 0.5) is 11.4 Å². The Morgan fingerprint density at radius 1 is 0.697 bits per heavy atom. The summed E-state index contributed by atoms with van der Waals surface area (Å²) in [6.45, 7) is 0. The lowest BCUT2D eigenvalue weighted by Gasteiger charge is -2.08. The lowest BCUT2D eigenvalue weighted by atomic mass is 10.3. The molecule has 0 fully saturated rings. The van der Waals surface area contributed by atoms with Gasteiger partial charge in [0.15, 0.2) is 0 Å². The van der Waals surface area contributed by atoms with Gasteiger partial charge in [-0.15, -0.1) is 0 Å². The highest BCUT2D eigenvalue weighted by molar-refractivity contribution is 7.91. The van der Waals surface area contributed by atoms with Gasteiger partial charge in [-0.25, -0.2) is 8.42 Å². The van der Waals surface area contributed by atoms with Crippen LogP contribution in [0, 0.1) is 0 Å². The van der Waals surface area contributed by atoms with Gasteiger partial charge in [-0.3, -0.25) is 20.0 Å². The van der Waals surface area contributed by atoms with E-state index in [1.807, 2.05) is 0 Å². The maximum Gasteiger partial charge on any atom is 0.206 e. The number of phenols is 2. The highest BCUT2D eigenvalue weighted by Gasteiger charge is 2.20. The summed E-state index contributed by atoms with van der Waals surface area (Å²) >= 11 is 0. The van der Waals surface area contributed by atoms with E-state index in [1.165, 1.54) is 48.8 Å². The monoisotopic (exact) mass is 458 g/mol. The van der Waals surface area contributed by atoms with Gasteiger partial charge in [0.25, 0.3) is 0 Å². The third kappa shape index (κ3) is 5.10. The largest absolute Gasteiger partial charge is 0.506 e. The summed E-state index contributed by atoms with van der Waals surface area (Å²) in [4.78, 5) is 16.2. The van der Waals surface area contributed by atoms with Crippen LogP contribution in [0.5, 0.6) is 11.5 Å². The molecule has 0 spiro atoms. The van der Waals surface area contributed by atoms with E-state index in [0.717, 1.165) is 0 Å². The molecule has 164 valence electrons. The lowest BCUT2D eigenvalue weighted by Crippen LogP contribution is -2.01. The minimum atomic E-state index is -3.98. The summed E-state index contributed by atoms with van der Waals surface area (Å²) in [7, 11) is -3.98. The van der Waals surface area contributed by atoms with Crippen LogP contribution in [-0.4, -0.2) is 41.0 Å². The fraction of sp³-hybridized carbons (Fsp3) is 0. The molecule has 0 unspecified atom stereocenters. The molecule has 2 aromatic carbocycles. The molecule has 4 aromatic rings. The number of aliphatic imine (C=N–C) groups is 2. The standard InChI is InChI=1S/C24H18N4O4S/c29-23-7-5-19(11-21(23)27-15-17-3-1-9-25-13-17)33(31,32)20-6-8-24(30)22(12-20)28-16-18-4-2-10-26-14-18/h1-16,29-30H. The average molecular weight is 458 g/mol. The topological polar surface area (TPSA) is 125 Å². The van der Waals surface area contributed by atoms with Gasteiger partial charge in [0.2, 0.25) is 9.84 Å². The number of phenolic OH excluding ortho intramolecular Hbond substituents is 2. The van der Waals surface area contributed by atoms with Gasteiger partial charge in [0.05, 0.1) is 9.79 Å². The second kappa shape index (κ2) is 9.41. The summed E-state index contributed by atoms with van der Waals surface area (Å²) in [6.07, 6.45) is 9.37. The van der Waals surface area contributed by atoms with E-state index in [0.29, 0.717) is 11.1 Å². The molecule has 2 heterocycles. The zero-order chi connectivity index (χ0) is 23.3. The molecular weight excluding hydrogens is 440 g/mol. The fourth-order valence-electron chi connectivity index (χ4n) is 2.88. The van der Waals surface area contributed by atoms with Crippen molar-refractivity contribution < 1.29 is 18.6 Å². The van der Waals surface area contributed by atoms with E-state index in [2.05, 4.69) is 20.0 Å². The first-order valence-corrected chi connectivity index (χ1v) is 11.2. The summed E-state index contributed by atoms with van der Waals surface area (Å²) in [6, 6.07) is 14.7. The zero-order valence-corrected chi connectivity index (χ0v) is 18.0. The van der Waals surface area contributed by atoms with Crippen LogP contribution in [0.25, 0.3) is 0 Å². The van der Waals surface area contributed by atoms with Crippen molar-refractivity contribution in [1.82, 2.24) is 9.97 Å². The zero-order valence-electron chi connectivity index (χ0n) is 17.1. The van der Waals surface area contributed by atoms with E-state index < -0.39 is 9.84 Å². The summed E-state index contributed by atoms with van der Waals surface area (Å²) in [5.74, 6) is -0.330. The highest BCUT2D eigenvalue weighted by atomic mass is 32.2. The van der Waals surface area contributed by atoms with Crippen molar-refractivity contribution >= 4 is 33.6 Å². The molecule has 0 saturated carbocycles. The van der Waals surface area contributed by atoms with E-state index >= 15 is 0 Å². The Morgan fingerprint density at radius 2 is 1.15 bits per heavy atom. The number of aromatic hydroxyl groups is 2. The van der Waals surface area contributed by atoms with E-state index in [-0.39, 0.29) is 32.7 Å². The minimum Gasteiger partial charge on any atom is -0.506 e. The van der Waals surface area contributed by atoms with Crippen molar-refractivity contribution in [1.29, 1.82) is 0 Å². The van der Waals surface area contributed by atoms with E-state index in [4.69, 9.17) is 0 Å². The van der Waals surface area contributed by atoms with Crippen molar-refractivity contribution in [3.8, 4) is 11.5 Å². The Hall–Kier alpha value is -4.37. The first kappa shape index (κ1) is 21.8. The predicted molar refractivity (Wildman–Crippen MR) is 125 cm³/mol. The minimum absolute atomic E-state index is 0.0634. The molecule has 0 amide bonds. The normalized spacial score (nSPS) is 11.9. The molecule has 0 aliphatic heterocycles. The number of hydrogen-bond donors (Lipinski definition) is 2. The molecule has 9 heteroatoms. The van der Waals surface area contributed by atoms with Crippen LogP contribution in [0.15, 0.2) is 105 Å². The molecule has 8 nitrogen and oxygen atoms in total. The van der Waals surface area contributed by atoms with Gasteiger partial charge in [0.1, 0.15) is 22.9 Å². The number of pyridine rings is 2. The van der Waals surface area contributed by atoms with E-state index in [1.54, 1.807) is 49.1 Å². The molecule has 0 bridgehead atoms. The maximum absolute atomic E-state index is 13.2. The Labute approximate surface area is 190 Å². The van der Waals surface area contributed by atoms with E-state index in [9.17, 15) is 18.6 Å². The van der Waals surface area contributed by atoms with Crippen molar-refractivity contribution in [3.05, 3.63) is 96.6 Å². The fourth-order valence-corrected chi connectivity index (χ4v) is 4.18. The molecular formula is C24H18N4O4S. The van der Waals surface area contributed by atoms with Gasteiger partial charge in [0, 0.05) is 48.3 Å². The van der Waals surface area contributed by atoms with Gasteiger partial charge < -0.3 is 10.2 Å². The van der Waals surface area contributed by atoms with Crippen LogP contribution < -0.4 is 0 Å². The van der Waals surface area contributed by atoms with Crippen LogP contribution in [0.3, 0.4) is 0 Å². The molecule has 33 heavy (non-hydrogen) atoms. The summed E-state index contributed by atoms with van der Waals surface area (Å²) < 4.78 is 26.4. The van der Waals surface area contributed by atoms with Gasteiger partial charge in [-0.2, -0.15) is 0 Å². The molecule has 2 aromatic heterocycles.